The van der Waals surface area contributed by atoms with Gasteiger partial charge in [0.1, 0.15) is 6.10 Å². The predicted octanol–water partition coefficient (Wildman–Crippen LogP) is 2.94. The van der Waals surface area contributed by atoms with Gasteiger partial charge in [0.2, 0.25) is 11.8 Å². The molecule has 7 heteroatoms. The molecule has 0 radical (unpaired) electrons. The summed E-state index contributed by atoms with van der Waals surface area (Å²) in [6, 6.07) is 9.39. The van der Waals surface area contributed by atoms with E-state index in [9.17, 15) is 14.4 Å². The Kier molecular flexibility index (Phi) is 13.5. The Balaban J connectivity index is 2.60. The fourth-order valence-electron chi connectivity index (χ4n) is 3.33. The molecule has 0 spiro atoms. The first-order valence-electron chi connectivity index (χ1n) is 11.4. The van der Waals surface area contributed by atoms with Crippen LogP contribution in [0.5, 0.6) is 0 Å². The second-order valence-corrected chi connectivity index (χ2v) is 8.32. The number of allylic oxidation sites excluding steroid dienone is 2. The van der Waals surface area contributed by atoms with Crippen molar-refractivity contribution >= 4 is 17.8 Å². The summed E-state index contributed by atoms with van der Waals surface area (Å²) in [6.45, 7) is 10.8. The molecule has 0 unspecified atom stereocenters. The number of carbonyl (C=O) groups is 3. The van der Waals surface area contributed by atoms with Gasteiger partial charge in [0, 0.05) is 12.5 Å². The number of esters is 1. The van der Waals surface area contributed by atoms with Crippen molar-refractivity contribution in [3.63, 3.8) is 0 Å². The molecule has 0 saturated heterocycles. The maximum absolute atomic E-state index is 12.8. The highest BCUT2D eigenvalue weighted by Crippen LogP contribution is 2.17. The third kappa shape index (κ3) is 11.5. The molecule has 182 valence electrons. The monoisotopic (exact) mass is 458 g/mol. The van der Waals surface area contributed by atoms with Crippen molar-refractivity contribution in [1.29, 1.82) is 0 Å². The average Bonchev–Trinajstić information content (AvgIpc) is 2.80. The standard InChI is InChI=1S/C26H38N2O5/c1-5-7-14-23(15-21-12-9-8-10-13-21)26(32)33-20(4)17-27-25(31)22(11-6-2)16-24(30)28-19(3)18-29/h5-6,8-10,12-13,19-20,22-23,29H,1-2,7,11,14-18H2,3-4H3,(H,27,31)(H,28,30)/t19-,20+,22+,23-/m1/s1. The first kappa shape index (κ1) is 28.1. The van der Waals surface area contributed by atoms with Gasteiger partial charge in [-0.1, -0.05) is 42.5 Å². The van der Waals surface area contributed by atoms with Crippen LogP contribution < -0.4 is 10.6 Å². The van der Waals surface area contributed by atoms with Crippen molar-refractivity contribution in [3.8, 4) is 0 Å². The average molecular weight is 459 g/mol. The summed E-state index contributed by atoms with van der Waals surface area (Å²) in [6.07, 6.45) is 5.10. The molecule has 0 heterocycles. The van der Waals surface area contributed by atoms with E-state index in [1.54, 1.807) is 26.0 Å². The van der Waals surface area contributed by atoms with Gasteiger partial charge < -0.3 is 20.5 Å². The lowest BCUT2D eigenvalue weighted by Gasteiger charge is -2.21. The number of hydrogen-bond donors (Lipinski definition) is 3. The number of ether oxygens (including phenoxy) is 1. The quantitative estimate of drug-likeness (QED) is 0.261. The largest absolute Gasteiger partial charge is 0.461 e. The van der Waals surface area contributed by atoms with Crippen molar-refractivity contribution in [2.75, 3.05) is 13.2 Å². The molecule has 4 atom stereocenters. The van der Waals surface area contributed by atoms with Crippen LogP contribution >= 0.6 is 0 Å². The third-order valence-electron chi connectivity index (χ3n) is 5.19. The third-order valence-corrected chi connectivity index (χ3v) is 5.19. The van der Waals surface area contributed by atoms with E-state index in [2.05, 4.69) is 23.8 Å². The first-order chi connectivity index (χ1) is 15.8. The minimum Gasteiger partial charge on any atom is -0.461 e. The van der Waals surface area contributed by atoms with Gasteiger partial charge in [0.25, 0.3) is 0 Å². The van der Waals surface area contributed by atoms with Gasteiger partial charge in [-0.15, -0.1) is 13.2 Å². The lowest BCUT2D eigenvalue weighted by molar-refractivity contribution is -0.153. The van der Waals surface area contributed by atoms with E-state index in [-0.39, 0.29) is 49.3 Å². The minimum absolute atomic E-state index is 0.0168. The highest BCUT2D eigenvalue weighted by atomic mass is 16.5. The van der Waals surface area contributed by atoms with Crippen LogP contribution in [0.3, 0.4) is 0 Å². The highest BCUT2D eigenvalue weighted by Gasteiger charge is 2.24. The van der Waals surface area contributed by atoms with Crippen molar-refractivity contribution in [2.45, 2.75) is 58.1 Å². The van der Waals surface area contributed by atoms with Crippen LogP contribution in [0, 0.1) is 11.8 Å². The molecular formula is C26H38N2O5. The van der Waals surface area contributed by atoms with Gasteiger partial charge in [-0.3, -0.25) is 14.4 Å². The number of amides is 2. The van der Waals surface area contributed by atoms with E-state index in [0.717, 1.165) is 5.56 Å². The number of aliphatic hydroxyl groups is 1. The van der Waals surface area contributed by atoms with Crippen molar-refractivity contribution in [3.05, 3.63) is 61.2 Å². The summed E-state index contributed by atoms with van der Waals surface area (Å²) >= 11 is 0. The van der Waals surface area contributed by atoms with Gasteiger partial charge in [0.05, 0.1) is 25.0 Å². The SMILES string of the molecule is C=CCC[C@H](Cc1ccccc1)C(=O)O[C@@H](C)CNC(=O)[C@@H](CC=C)CC(=O)N[C@H](C)CO. The predicted molar refractivity (Wildman–Crippen MR) is 129 cm³/mol. The summed E-state index contributed by atoms with van der Waals surface area (Å²) in [5.74, 6) is -1.81. The molecule has 1 rings (SSSR count). The Morgan fingerprint density at radius 1 is 1.09 bits per heavy atom. The molecule has 0 aliphatic rings. The molecule has 1 aromatic rings. The Labute approximate surface area is 197 Å². The Bertz CT molecular complexity index is 765. The Hall–Kier alpha value is -2.93. The summed E-state index contributed by atoms with van der Waals surface area (Å²) < 4.78 is 5.60. The number of benzene rings is 1. The fourth-order valence-corrected chi connectivity index (χ4v) is 3.33. The molecule has 3 N–H and O–H groups in total. The topological polar surface area (TPSA) is 105 Å². The Morgan fingerprint density at radius 2 is 1.79 bits per heavy atom. The van der Waals surface area contributed by atoms with Crippen LogP contribution in [-0.4, -0.2) is 48.2 Å². The highest BCUT2D eigenvalue weighted by molar-refractivity contribution is 5.86. The summed E-state index contributed by atoms with van der Waals surface area (Å²) in [7, 11) is 0. The van der Waals surface area contributed by atoms with Gasteiger partial charge in [0.15, 0.2) is 0 Å². The molecule has 0 aromatic heterocycles. The van der Waals surface area contributed by atoms with E-state index in [1.165, 1.54) is 0 Å². The zero-order valence-corrected chi connectivity index (χ0v) is 19.8. The van der Waals surface area contributed by atoms with Crippen molar-refractivity contribution in [2.24, 2.45) is 11.8 Å². The minimum atomic E-state index is -0.588. The lowest BCUT2D eigenvalue weighted by Crippen LogP contribution is -2.41. The van der Waals surface area contributed by atoms with Gasteiger partial charge >= 0.3 is 5.97 Å². The smallest absolute Gasteiger partial charge is 0.309 e. The normalized spacial score (nSPS) is 14.3. The van der Waals surface area contributed by atoms with E-state index >= 15 is 0 Å². The number of aliphatic hydroxyl groups excluding tert-OH is 1. The second-order valence-electron chi connectivity index (χ2n) is 8.32. The van der Waals surface area contributed by atoms with E-state index in [4.69, 9.17) is 9.84 Å². The van der Waals surface area contributed by atoms with Crippen LogP contribution in [0.1, 0.15) is 45.1 Å². The van der Waals surface area contributed by atoms with Gasteiger partial charge in [-0.25, -0.2) is 0 Å². The summed E-state index contributed by atoms with van der Waals surface area (Å²) in [5.41, 5.74) is 1.06. The van der Waals surface area contributed by atoms with Crippen LogP contribution in [0.15, 0.2) is 55.6 Å². The van der Waals surface area contributed by atoms with E-state index in [1.807, 2.05) is 30.3 Å². The number of carbonyl (C=O) groups excluding carboxylic acids is 3. The molecule has 1 aromatic carbocycles. The van der Waals surface area contributed by atoms with Crippen LogP contribution in [0.4, 0.5) is 0 Å². The molecule has 0 fully saturated rings. The van der Waals surface area contributed by atoms with Crippen LogP contribution in [-0.2, 0) is 25.5 Å². The van der Waals surface area contributed by atoms with Crippen molar-refractivity contribution in [1.82, 2.24) is 10.6 Å². The van der Waals surface area contributed by atoms with Crippen molar-refractivity contribution < 1.29 is 24.2 Å². The lowest BCUT2D eigenvalue weighted by atomic mass is 9.95. The second kappa shape index (κ2) is 15.8. The Morgan fingerprint density at radius 3 is 2.39 bits per heavy atom. The van der Waals surface area contributed by atoms with Gasteiger partial charge in [-0.2, -0.15) is 0 Å². The number of nitrogens with one attached hydrogen (secondary N) is 2. The molecule has 0 saturated carbocycles. The molecule has 0 aliphatic heterocycles. The van der Waals surface area contributed by atoms with Crippen LogP contribution in [0.2, 0.25) is 0 Å². The molecule has 33 heavy (non-hydrogen) atoms. The zero-order chi connectivity index (χ0) is 24.6. The molecule has 0 bridgehead atoms. The molecule has 2 amide bonds. The number of rotatable bonds is 16. The molecular weight excluding hydrogens is 420 g/mol. The van der Waals surface area contributed by atoms with Crippen LogP contribution in [0.25, 0.3) is 0 Å². The molecule has 0 aliphatic carbocycles. The van der Waals surface area contributed by atoms with Gasteiger partial charge in [-0.05, 0) is 45.1 Å². The maximum atomic E-state index is 12.8. The number of hydrogen-bond acceptors (Lipinski definition) is 5. The first-order valence-corrected chi connectivity index (χ1v) is 11.4. The summed E-state index contributed by atoms with van der Waals surface area (Å²) in [5, 5.41) is 14.5. The molecule has 7 nitrogen and oxygen atoms in total. The maximum Gasteiger partial charge on any atom is 0.309 e. The van der Waals surface area contributed by atoms with E-state index < -0.39 is 12.0 Å². The fraction of sp³-hybridized carbons (Fsp3) is 0.500. The zero-order valence-electron chi connectivity index (χ0n) is 19.8. The summed E-state index contributed by atoms with van der Waals surface area (Å²) in [4.78, 5) is 37.4. The van der Waals surface area contributed by atoms with E-state index in [0.29, 0.717) is 25.7 Å².